The minimum absolute atomic E-state index is 0.559. The van der Waals surface area contributed by atoms with Gasteiger partial charge < -0.3 is 15.0 Å². The second-order valence-corrected chi connectivity index (χ2v) is 5.92. The van der Waals surface area contributed by atoms with E-state index >= 15 is 0 Å². The van der Waals surface area contributed by atoms with E-state index in [4.69, 9.17) is 16.3 Å². The Bertz CT molecular complexity index is 450. The van der Waals surface area contributed by atoms with Crippen LogP contribution in [-0.4, -0.2) is 32.8 Å². The quantitative estimate of drug-likeness (QED) is 0.918. The van der Waals surface area contributed by atoms with Crippen molar-refractivity contribution in [3.8, 4) is 5.75 Å². The highest BCUT2D eigenvalue weighted by Crippen LogP contribution is 2.34. The molecular formula is C16H25ClN2O. The summed E-state index contributed by atoms with van der Waals surface area (Å²) in [6.45, 7) is 7.47. The molecule has 2 rings (SSSR count). The smallest absolute Gasteiger partial charge is 0.143 e. The Morgan fingerprint density at radius 3 is 2.95 bits per heavy atom. The summed E-state index contributed by atoms with van der Waals surface area (Å²) in [7, 11) is 1.71. The van der Waals surface area contributed by atoms with Gasteiger partial charge in [-0.1, -0.05) is 24.9 Å². The summed E-state index contributed by atoms with van der Waals surface area (Å²) in [5.41, 5.74) is 2.27. The Balaban J connectivity index is 2.26. The predicted molar refractivity (Wildman–Crippen MR) is 86.3 cm³/mol. The summed E-state index contributed by atoms with van der Waals surface area (Å²) in [5, 5.41) is 4.40. The highest BCUT2D eigenvalue weighted by molar-refractivity contribution is 6.31. The van der Waals surface area contributed by atoms with Crippen LogP contribution in [-0.2, 0) is 0 Å². The molecule has 0 bridgehead atoms. The monoisotopic (exact) mass is 296 g/mol. The topological polar surface area (TPSA) is 24.5 Å². The predicted octanol–water partition coefficient (Wildman–Crippen LogP) is 3.63. The molecule has 1 N–H and O–H groups in total. The molecule has 1 aromatic rings. The van der Waals surface area contributed by atoms with Gasteiger partial charge in [-0.05, 0) is 37.9 Å². The lowest BCUT2D eigenvalue weighted by molar-refractivity contribution is 0.413. The highest BCUT2D eigenvalue weighted by atomic mass is 35.5. The molecule has 0 aliphatic carbocycles. The van der Waals surface area contributed by atoms with Gasteiger partial charge >= 0.3 is 0 Å². The number of halogens is 1. The van der Waals surface area contributed by atoms with Crippen molar-refractivity contribution >= 4 is 17.3 Å². The average Bonchev–Trinajstić information content (AvgIpc) is 2.67. The number of benzene rings is 1. The van der Waals surface area contributed by atoms with Gasteiger partial charge in [0.15, 0.2) is 0 Å². The van der Waals surface area contributed by atoms with Crippen LogP contribution in [0.4, 0.5) is 5.69 Å². The molecule has 112 valence electrons. The number of ether oxygens (including phenoxy) is 1. The molecule has 1 saturated heterocycles. The second-order valence-electron chi connectivity index (χ2n) is 5.51. The average molecular weight is 297 g/mol. The van der Waals surface area contributed by atoms with Crippen LogP contribution < -0.4 is 15.0 Å². The lowest BCUT2D eigenvalue weighted by atomic mass is 10.1. The Labute approximate surface area is 127 Å². The minimum Gasteiger partial charge on any atom is -0.495 e. The molecule has 0 amide bonds. The molecule has 1 heterocycles. The molecule has 0 aromatic heterocycles. The zero-order valence-corrected chi connectivity index (χ0v) is 13.5. The molecule has 1 atom stereocenters. The van der Waals surface area contributed by atoms with E-state index in [0.29, 0.717) is 6.04 Å². The van der Waals surface area contributed by atoms with Gasteiger partial charge in [0.1, 0.15) is 5.75 Å². The number of aryl methyl sites for hydroxylation is 1. The molecule has 0 saturated carbocycles. The first-order valence-corrected chi connectivity index (χ1v) is 7.86. The van der Waals surface area contributed by atoms with Crippen molar-refractivity contribution in [3.05, 3.63) is 22.7 Å². The highest BCUT2D eigenvalue weighted by Gasteiger charge is 2.20. The third kappa shape index (κ3) is 3.58. The van der Waals surface area contributed by atoms with E-state index in [1.165, 1.54) is 18.5 Å². The van der Waals surface area contributed by atoms with Crippen LogP contribution in [0.25, 0.3) is 0 Å². The number of rotatable bonds is 4. The molecule has 4 heteroatoms. The van der Waals surface area contributed by atoms with Crippen molar-refractivity contribution in [1.29, 1.82) is 0 Å². The fraction of sp³-hybridized carbons (Fsp3) is 0.625. The molecule has 1 unspecified atom stereocenters. The first-order valence-electron chi connectivity index (χ1n) is 7.48. The van der Waals surface area contributed by atoms with Crippen molar-refractivity contribution < 1.29 is 4.74 Å². The number of methoxy groups -OCH3 is 1. The van der Waals surface area contributed by atoms with Crippen LogP contribution in [0.1, 0.15) is 31.7 Å². The van der Waals surface area contributed by atoms with Crippen molar-refractivity contribution in [2.24, 2.45) is 0 Å². The van der Waals surface area contributed by atoms with Gasteiger partial charge in [-0.2, -0.15) is 0 Å². The molecule has 1 aliphatic rings. The van der Waals surface area contributed by atoms with Crippen LogP contribution in [0.15, 0.2) is 12.1 Å². The number of anilines is 1. The summed E-state index contributed by atoms with van der Waals surface area (Å²) in [6, 6.07) is 4.64. The largest absolute Gasteiger partial charge is 0.495 e. The maximum atomic E-state index is 6.20. The SMILES string of the molecule is CCCC1CN(c2cc(C)c(Cl)cc2OC)CCCN1. The van der Waals surface area contributed by atoms with Crippen LogP contribution >= 0.6 is 11.6 Å². The third-order valence-electron chi connectivity index (χ3n) is 3.92. The summed E-state index contributed by atoms with van der Waals surface area (Å²) in [5.74, 6) is 0.873. The molecule has 3 nitrogen and oxygen atoms in total. The van der Waals surface area contributed by atoms with E-state index in [1.54, 1.807) is 7.11 Å². The summed E-state index contributed by atoms with van der Waals surface area (Å²) < 4.78 is 5.52. The number of nitrogens with zero attached hydrogens (tertiary/aromatic N) is 1. The van der Waals surface area contributed by atoms with Gasteiger partial charge in [0.05, 0.1) is 12.8 Å². The molecule has 0 radical (unpaired) electrons. The van der Waals surface area contributed by atoms with Gasteiger partial charge in [0.2, 0.25) is 0 Å². The maximum absolute atomic E-state index is 6.20. The zero-order chi connectivity index (χ0) is 14.5. The third-order valence-corrected chi connectivity index (χ3v) is 4.32. The van der Waals surface area contributed by atoms with Crippen molar-refractivity contribution in [2.75, 3.05) is 31.6 Å². The number of nitrogens with one attached hydrogen (secondary N) is 1. The maximum Gasteiger partial charge on any atom is 0.143 e. The Morgan fingerprint density at radius 2 is 2.25 bits per heavy atom. The van der Waals surface area contributed by atoms with E-state index in [9.17, 15) is 0 Å². The van der Waals surface area contributed by atoms with Gasteiger partial charge in [0.25, 0.3) is 0 Å². The summed E-state index contributed by atoms with van der Waals surface area (Å²) in [6.07, 6.45) is 3.58. The van der Waals surface area contributed by atoms with Crippen molar-refractivity contribution in [2.45, 2.75) is 39.2 Å². The fourth-order valence-electron chi connectivity index (χ4n) is 2.82. The van der Waals surface area contributed by atoms with Gasteiger partial charge in [-0.3, -0.25) is 0 Å². The van der Waals surface area contributed by atoms with Crippen LogP contribution in [0.5, 0.6) is 5.75 Å². The minimum atomic E-state index is 0.559. The van der Waals surface area contributed by atoms with Gasteiger partial charge in [0, 0.05) is 30.2 Å². The zero-order valence-electron chi connectivity index (χ0n) is 12.7. The molecule has 20 heavy (non-hydrogen) atoms. The molecule has 1 aromatic carbocycles. The van der Waals surface area contributed by atoms with Crippen molar-refractivity contribution in [3.63, 3.8) is 0 Å². The van der Waals surface area contributed by atoms with E-state index < -0.39 is 0 Å². The summed E-state index contributed by atoms with van der Waals surface area (Å²) >= 11 is 6.20. The first kappa shape index (κ1) is 15.5. The molecule has 1 fully saturated rings. The van der Waals surface area contributed by atoms with E-state index in [0.717, 1.165) is 42.4 Å². The van der Waals surface area contributed by atoms with Crippen LogP contribution in [0.2, 0.25) is 5.02 Å². The molecule has 1 aliphatic heterocycles. The lowest BCUT2D eigenvalue weighted by Crippen LogP contribution is -2.37. The standard InChI is InChI=1S/C16H25ClN2O/c1-4-6-13-11-19(8-5-7-18-13)15-9-12(2)14(17)10-16(15)20-3/h9-10,13,18H,4-8,11H2,1-3H3. The van der Waals surface area contributed by atoms with Gasteiger partial charge in [-0.25, -0.2) is 0 Å². The Morgan fingerprint density at radius 1 is 1.45 bits per heavy atom. The van der Waals surface area contributed by atoms with Crippen LogP contribution in [0.3, 0.4) is 0 Å². The van der Waals surface area contributed by atoms with Crippen molar-refractivity contribution in [1.82, 2.24) is 5.32 Å². The first-order chi connectivity index (χ1) is 9.65. The van der Waals surface area contributed by atoms with Gasteiger partial charge in [-0.15, -0.1) is 0 Å². The normalized spacial score (nSPS) is 19.8. The molecular weight excluding hydrogens is 272 g/mol. The summed E-state index contributed by atoms with van der Waals surface area (Å²) in [4.78, 5) is 2.43. The lowest BCUT2D eigenvalue weighted by Gasteiger charge is -2.28. The van der Waals surface area contributed by atoms with E-state index in [-0.39, 0.29) is 0 Å². The fourth-order valence-corrected chi connectivity index (χ4v) is 2.97. The Kier molecular flexibility index (Phi) is 5.55. The number of hydrogen-bond acceptors (Lipinski definition) is 3. The Hall–Kier alpha value is -0.930. The van der Waals surface area contributed by atoms with E-state index in [1.807, 2.05) is 13.0 Å². The van der Waals surface area contributed by atoms with E-state index in [2.05, 4.69) is 23.2 Å². The number of hydrogen-bond donors (Lipinski definition) is 1. The molecule has 0 spiro atoms. The van der Waals surface area contributed by atoms with Crippen LogP contribution in [0, 0.1) is 6.92 Å². The second kappa shape index (κ2) is 7.19.